The van der Waals surface area contributed by atoms with E-state index in [2.05, 4.69) is 15.7 Å². The standard InChI is InChI=1S/C21H21FN4O3/c1-13-19(21(29)26(25-13)18-8-6-15(22)7-9-18)10-11-20(28)24-17-5-3-4-16(12-17)23-14(2)27/h3-9,12,25H,10-11H2,1-2H3,(H,23,27)(H,24,28). The molecule has 0 saturated carbocycles. The molecule has 0 aliphatic heterocycles. The molecule has 0 radical (unpaired) electrons. The normalized spacial score (nSPS) is 10.6. The first-order valence-corrected chi connectivity index (χ1v) is 9.07. The summed E-state index contributed by atoms with van der Waals surface area (Å²) < 4.78 is 14.4. The van der Waals surface area contributed by atoms with Crippen LogP contribution in [-0.2, 0) is 16.0 Å². The van der Waals surface area contributed by atoms with Crippen molar-refractivity contribution in [1.82, 2.24) is 9.78 Å². The highest BCUT2D eigenvalue weighted by atomic mass is 19.1. The summed E-state index contributed by atoms with van der Waals surface area (Å²) in [6.45, 7) is 3.16. The summed E-state index contributed by atoms with van der Waals surface area (Å²) in [5.74, 6) is -0.836. The number of amides is 2. The highest BCUT2D eigenvalue weighted by Crippen LogP contribution is 2.16. The van der Waals surface area contributed by atoms with Crippen LogP contribution >= 0.6 is 0 Å². The van der Waals surface area contributed by atoms with Crippen molar-refractivity contribution in [3.05, 3.63) is 76.0 Å². The van der Waals surface area contributed by atoms with Gasteiger partial charge in [0, 0.05) is 36.0 Å². The van der Waals surface area contributed by atoms with Crippen LogP contribution in [0.2, 0.25) is 0 Å². The lowest BCUT2D eigenvalue weighted by atomic mass is 10.1. The van der Waals surface area contributed by atoms with Crippen LogP contribution in [0.1, 0.15) is 24.6 Å². The van der Waals surface area contributed by atoms with E-state index in [0.29, 0.717) is 28.3 Å². The molecule has 3 aromatic rings. The molecule has 0 atom stereocenters. The second kappa shape index (κ2) is 8.55. The lowest BCUT2D eigenvalue weighted by Gasteiger charge is -2.07. The van der Waals surface area contributed by atoms with Crippen LogP contribution in [0.25, 0.3) is 5.69 Å². The maximum absolute atomic E-state index is 13.1. The van der Waals surface area contributed by atoms with Crippen molar-refractivity contribution in [3.63, 3.8) is 0 Å². The molecular weight excluding hydrogens is 375 g/mol. The Hall–Kier alpha value is -3.68. The smallest absolute Gasteiger partial charge is 0.274 e. The number of rotatable bonds is 6. The van der Waals surface area contributed by atoms with Crippen LogP contribution in [0.5, 0.6) is 0 Å². The van der Waals surface area contributed by atoms with Gasteiger partial charge in [0.1, 0.15) is 5.82 Å². The van der Waals surface area contributed by atoms with Crippen molar-refractivity contribution >= 4 is 23.2 Å². The predicted octanol–water partition coefficient (Wildman–Crippen LogP) is 3.14. The van der Waals surface area contributed by atoms with E-state index in [1.54, 1.807) is 31.2 Å². The van der Waals surface area contributed by atoms with E-state index in [1.165, 1.54) is 35.9 Å². The van der Waals surface area contributed by atoms with Gasteiger partial charge in [0.2, 0.25) is 11.8 Å². The number of nitrogens with one attached hydrogen (secondary N) is 3. The molecule has 0 fully saturated rings. The van der Waals surface area contributed by atoms with Gasteiger partial charge in [-0.3, -0.25) is 19.5 Å². The van der Waals surface area contributed by atoms with Gasteiger partial charge in [-0.15, -0.1) is 0 Å². The third-order valence-corrected chi connectivity index (χ3v) is 4.35. The number of hydrogen-bond acceptors (Lipinski definition) is 3. The molecule has 7 nitrogen and oxygen atoms in total. The Labute approximate surface area is 166 Å². The summed E-state index contributed by atoms with van der Waals surface area (Å²) >= 11 is 0. The fourth-order valence-corrected chi connectivity index (χ4v) is 2.99. The van der Waals surface area contributed by atoms with Crippen molar-refractivity contribution < 1.29 is 14.0 Å². The van der Waals surface area contributed by atoms with E-state index >= 15 is 0 Å². The molecule has 8 heteroatoms. The van der Waals surface area contributed by atoms with E-state index < -0.39 is 0 Å². The van der Waals surface area contributed by atoms with Crippen molar-refractivity contribution in [2.24, 2.45) is 0 Å². The zero-order valence-electron chi connectivity index (χ0n) is 16.1. The van der Waals surface area contributed by atoms with Gasteiger partial charge in [-0.1, -0.05) is 6.07 Å². The van der Waals surface area contributed by atoms with E-state index in [1.807, 2.05) is 0 Å². The topological polar surface area (TPSA) is 96.0 Å². The average Bonchev–Trinajstić information content (AvgIpc) is 2.94. The Morgan fingerprint density at radius 3 is 2.38 bits per heavy atom. The molecule has 0 unspecified atom stereocenters. The number of hydrogen-bond donors (Lipinski definition) is 3. The van der Waals surface area contributed by atoms with Gasteiger partial charge >= 0.3 is 0 Å². The van der Waals surface area contributed by atoms with Gasteiger partial charge in [0.15, 0.2) is 0 Å². The summed E-state index contributed by atoms with van der Waals surface area (Å²) in [6, 6.07) is 12.4. The Morgan fingerprint density at radius 1 is 1.07 bits per heavy atom. The van der Waals surface area contributed by atoms with Crippen molar-refractivity contribution in [3.8, 4) is 5.69 Å². The molecule has 0 aliphatic rings. The second-order valence-electron chi connectivity index (χ2n) is 6.64. The second-order valence-corrected chi connectivity index (χ2v) is 6.64. The molecule has 29 heavy (non-hydrogen) atoms. The third-order valence-electron chi connectivity index (χ3n) is 4.35. The molecule has 0 aliphatic carbocycles. The van der Waals surface area contributed by atoms with Gasteiger partial charge in [0.25, 0.3) is 5.56 Å². The Balaban J connectivity index is 1.67. The highest BCUT2D eigenvalue weighted by Gasteiger charge is 2.14. The number of halogens is 1. The zero-order valence-corrected chi connectivity index (χ0v) is 16.1. The number of nitrogens with zero attached hydrogens (tertiary/aromatic N) is 1. The molecule has 0 saturated heterocycles. The Morgan fingerprint density at radius 2 is 1.72 bits per heavy atom. The van der Waals surface area contributed by atoms with Gasteiger partial charge in [0.05, 0.1) is 5.69 Å². The number of anilines is 2. The maximum atomic E-state index is 13.1. The van der Waals surface area contributed by atoms with Crippen LogP contribution < -0.4 is 16.2 Å². The molecule has 150 valence electrons. The van der Waals surface area contributed by atoms with Crippen LogP contribution in [0.3, 0.4) is 0 Å². The SMILES string of the molecule is CC(=O)Nc1cccc(NC(=O)CCc2c(C)[nH]n(-c3ccc(F)cc3)c2=O)c1. The summed E-state index contributed by atoms with van der Waals surface area (Å²) in [7, 11) is 0. The van der Waals surface area contributed by atoms with E-state index in [9.17, 15) is 18.8 Å². The Kier molecular flexibility index (Phi) is 5.92. The number of aromatic amines is 1. The highest BCUT2D eigenvalue weighted by molar-refractivity contribution is 5.93. The largest absolute Gasteiger partial charge is 0.326 e. The molecule has 2 aromatic carbocycles. The fourth-order valence-electron chi connectivity index (χ4n) is 2.99. The van der Waals surface area contributed by atoms with Crippen molar-refractivity contribution in [2.45, 2.75) is 26.7 Å². The first-order valence-electron chi connectivity index (χ1n) is 9.07. The van der Waals surface area contributed by atoms with Gasteiger partial charge in [-0.2, -0.15) is 0 Å². The number of benzene rings is 2. The lowest BCUT2D eigenvalue weighted by molar-refractivity contribution is -0.116. The molecule has 0 spiro atoms. The molecule has 1 aromatic heterocycles. The molecule has 3 rings (SSSR count). The summed E-state index contributed by atoms with van der Waals surface area (Å²) in [5, 5.41) is 8.37. The lowest BCUT2D eigenvalue weighted by Crippen LogP contribution is -2.19. The van der Waals surface area contributed by atoms with Crippen LogP contribution in [0.15, 0.2) is 53.3 Å². The predicted molar refractivity (Wildman–Crippen MR) is 109 cm³/mol. The summed E-state index contributed by atoms with van der Waals surface area (Å²) in [6.07, 6.45) is 0.369. The number of aryl methyl sites for hydroxylation is 1. The monoisotopic (exact) mass is 396 g/mol. The summed E-state index contributed by atoms with van der Waals surface area (Å²) in [4.78, 5) is 36.1. The molecule has 2 amide bonds. The minimum Gasteiger partial charge on any atom is -0.326 e. The number of carbonyl (C=O) groups excluding carboxylic acids is 2. The van der Waals surface area contributed by atoms with Crippen LogP contribution in [-0.4, -0.2) is 21.6 Å². The number of aromatic nitrogens is 2. The first-order chi connectivity index (χ1) is 13.8. The summed E-state index contributed by atoms with van der Waals surface area (Å²) in [5.41, 5.74) is 2.53. The number of H-pyrrole nitrogens is 1. The minimum absolute atomic E-state index is 0.113. The van der Waals surface area contributed by atoms with E-state index in [-0.39, 0.29) is 36.0 Å². The average molecular weight is 396 g/mol. The number of carbonyl (C=O) groups is 2. The molecule has 1 heterocycles. The fraction of sp³-hybridized carbons (Fsp3) is 0.190. The molecule has 0 bridgehead atoms. The van der Waals surface area contributed by atoms with Crippen molar-refractivity contribution in [2.75, 3.05) is 10.6 Å². The quantitative estimate of drug-likeness (QED) is 0.597. The van der Waals surface area contributed by atoms with Crippen molar-refractivity contribution in [1.29, 1.82) is 0 Å². The minimum atomic E-state index is -0.385. The van der Waals surface area contributed by atoms with Gasteiger partial charge in [-0.25, -0.2) is 9.07 Å². The van der Waals surface area contributed by atoms with Crippen LogP contribution in [0.4, 0.5) is 15.8 Å². The van der Waals surface area contributed by atoms with Gasteiger partial charge in [-0.05, 0) is 55.8 Å². The van der Waals surface area contributed by atoms with Gasteiger partial charge < -0.3 is 10.6 Å². The van der Waals surface area contributed by atoms with E-state index in [4.69, 9.17) is 0 Å². The first kappa shape index (κ1) is 20.1. The Bertz CT molecular complexity index is 1100. The third kappa shape index (κ3) is 4.98. The van der Waals surface area contributed by atoms with Crippen LogP contribution in [0, 0.1) is 12.7 Å². The maximum Gasteiger partial charge on any atom is 0.274 e. The molecular formula is C21H21FN4O3. The van der Waals surface area contributed by atoms with E-state index in [0.717, 1.165) is 0 Å². The molecule has 3 N–H and O–H groups in total. The zero-order chi connectivity index (χ0) is 21.0.